The van der Waals surface area contributed by atoms with Crippen LogP contribution in [0.1, 0.15) is 6.92 Å². The van der Waals surface area contributed by atoms with Crippen molar-refractivity contribution in [2.24, 2.45) is 0 Å². The first-order valence-electron chi connectivity index (χ1n) is 3.78. The minimum Gasteiger partial charge on any atom is -0.461 e. The van der Waals surface area contributed by atoms with Crippen molar-refractivity contribution in [3.8, 4) is 0 Å². The van der Waals surface area contributed by atoms with E-state index < -0.39 is 0 Å². The molecule has 0 unspecified atom stereocenters. The van der Waals surface area contributed by atoms with E-state index in [0.717, 1.165) is 11.1 Å². The second-order valence-electron chi connectivity index (χ2n) is 2.63. The molecule has 1 aliphatic rings. The number of hydrogen-bond donors (Lipinski definition) is 0. The van der Waals surface area contributed by atoms with E-state index in [1.54, 1.807) is 0 Å². The van der Waals surface area contributed by atoms with E-state index in [4.69, 9.17) is 9.47 Å². The van der Waals surface area contributed by atoms with Gasteiger partial charge in [0.15, 0.2) is 0 Å². The number of rotatable bonds is 3. The second-order valence-corrected chi connectivity index (χ2v) is 2.63. The van der Waals surface area contributed by atoms with Crippen LogP contribution in [0.25, 0.3) is 0 Å². The molecule has 12 heavy (non-hydrogen) atoms. The Morgan fingerprint density at radius 2 is 2.58 bits per heavy atom. The number of carbonyl (C=O) groups excluding carboxylic acids is 1. The van der Waals surface area contributed by atoms with Gasteiger partial charge in [-0.15, -0.1) is 0 Å². The van der Waals surface area contributed by atoms with Gasteiger partial charge in [0.1, 0.15) is 6.61 Å². The van der Waals surface area contributed by atoms with Gasteiger partial charge in [0.05, 0.1) is 13.2 Å². The van der Waals surface area contributed by atoms with Crippen molar-refractivity contribution in [3.63, 3.8) is 0 Å². The molecule has 0 aromatic rings. The number of esters is 1. The lowest BCUT2D eigenvalue weighted by Crippen LogP contribution is -2.05. The van der Waals surface area contributed by atoms with Crippen LogP contribution >= 0.6 is 0 Å². The van der Waals surface area contributed by atoms with Gasteiger partial charge in [-0.3, -0.25) is 4.79 Å². The van der Waals surface area contributed by atoms with Crippen molar-refractivity contribution in [1.82, 2.24) is 0 Å². The minimum atomic E-state index is -0.282. The van der Waals surface area contributed by atoms with Gasteiger partial charge in [-0.2, -0.15) is 0 Å². The van der Waals surface area contributed by atoms with Crippen LogP contribution in [0.4, 0.5) is 0 Å². The van der Waals surface area contributed by atoms with Gasteiger partial charge in [-0.25, -0.2) is 0 Å². The fourth-order valence-corrected chi connectivity index (χ4v) is 0.915. The maximum atomic E-state index is 10.4. The highest BCUT2D eigenvalue weighted by Crippen LogP contribution is 2.13. The monoisotopic (exact) mass is 168 g/mol. The zero-order chi connectivity index (χ0) is 8.97. The van der Waals surface area contributed by atoms with Gasteiger partial charge in [0, 0.05) is 6.92 Å². The Bertz CT molecular complexity index is 228. The minimum absolute atomic E-state index is 0.268. The summed E-state index contributed by atoms with van der Waals surface area (Å²) in [5.41, 5.74) is 1.86. The Hall–Kier alpha value is -1.09. The molecule has 0 fully saturated rings. The molecule has 0 N–H and O–H groups in total. The summed E-state index contributed by atoms with van der Waals surface area (Å²) >= 11 is 0. The number of hydrogen-bond acceptors (Lipinski definition) is 3. The SMILES string of the molecule is C=C(COC(C)=O)C1=CCOC1. The lowest BCUT2D eigenvalue weighted by atomic mass is 10.1. The van der Waals surface area contributed by atoms with E-state index in [-0.39, 0.29) is 12.6 Å². The molecule has 0 aromatic heterocycles. The van der Waals surface area contributed by atoms with Crippen LogP contribution in [0, 0.1) is 0 Å². The molecule has 66 valence electrons. The van der Waals surface area contributed by atoms with E-state index in [1.165, 1.54) is 6.92 Å². The summed E-state index contributed by atoms with van der Waals surface area (Å²) in [6.07, 6.45) is 1.95. The molecule has 1 heterocycles. The summed E-state index contributed by atoms with van der Waals surface area (Å²) in [5.74, 6) is -0.282. The molecule has 1 rings (SSSR count). The van der Waals surface area contributed by atoms with E-state index in [0.29, 0.717) is 13.2 Å². The van der Waals surface area contributed by atoms with Gasteiger partial charge in [-0.1, -0.05) is 12.7 Å². The van der Waals surface area contributed by atoms with Crippen LogP contribution in [0.2, 0.25) is 0 Å². The Labute approximate surface area is 71.7 Å². The topological polar surface area (TPSA) is 35.5 Å². The van der Waals surface area contributed by atoms with Crippen LogP contribution in [0.15, 0.2) is 23.8 Å². The molecule has 1 aliphatic heterocycles. The highest BCUT2D eigenvalue weighted by Gasteiger charge is 2.08. The maximum Gasteiger partial charge on any atom is 0.302 e. The van der Waals surface area contributed by atoms with Crippen molar-refractivity contribution in [2.75, 3.05) is 19.8 Å². The smallest absolute Gasteiger partial charge is 0.302 e. The molecule has 0 bridgehead atoms. The first-order chi connectivity index (χ1) is 5.70. The molecule has 0 radical (unpaired) electrons. The molecule has 0 aromatic carbocycles. The first kappa shape index (κ1) is 9.00. The zero-order valence-electron chi connectivity index (χ0n) is 7.13. The van der Waals surface area contributed by atoms with Crippen LogP contribution in [0.5, 0.6) is 0 Å². The molecule has 0 amide bonds. The van der Waals surface area contributed by atoms with Crippen LogP contribution in [-0.4, -0.2) is 25.8 Å². The molecule has 3 nitrogen and oxygen atoms in total. The zero-order valence-corrected chi connectivity index (χ0v) is 7.13. The highest BCUT2D eigenvalue weighted by molar-refractivity contribution is 5.66. The predicted molar refractivity (Wildman–Crippen MR) is 44.7 cm³/mol. The molecule has 3 heteroatoms. The summed E-state index contributed by atoms with van der Waals surface area (Å²) in [7, 11) is 0. The maximum absolute atomic E-state index is 10.4. The van der Waals surface area contributed by atoms with Gasteiger partial charge >= 0.3 is 5.97 Å². The van der Waals surface area contributed by atoms with Gasteiger partial charge < -0.3 is 9.47 Å². The van der Waals surface area contributed by atoms with E-state index in [1.807, 2.05) is 6.08 Å². The molecular weight excluding hydrogens is 156 g/mol. The van der Waals surface area contributed by atoms with Gasteiger partial charge in [-0.05, 0) is 11.1 Å². The summed E-state index contributed by atoms with van der Waals surface area (Å²) in [6, 6.07) is 0. The quantitative estimate of drug-likeness (QED) is 0.591. The van der Waals surface area contributed by atoms with Gasteiger partial charge in [0.2, 0.25) is 0 Å². The van der Waals surface area contributed by atoms with Crippen LogP contribution < -0.4 is 0 Å². The highest BCUT2D eigenvalue weighted by atomic mass is 16.5. The Morgan fingerprint density at radius 1 is 1.83 bits per heavy atom. The average molecular weight is 168 g/mol. The average Bonchev–Trinajstić information content (AvgIpc) is 2.51. The molecule has 0 atom stereocenters. The third-order valence-corrected chi connectivity index (χ3v) is 1.61. The van der Waals surface area contributed by atoms with Crippen LogP contribution in [-0.2, 0) is 14.3 Å². The normalized spacial score (nSPS) is 15.6. The molecule has 0 aliphatic carbocycles. The van der Waals surface area contributed by atoms with Crippen molar-refractivity contribution >= 4 is 5.97 Å². The lowest BCUT2D eigenvalue weighted by Gasteiger charge is -2.05. The second kappa shape index (κ2) is 4.07. The Kier molecular flexibility index (Phi) is 3.05. The number of carbonyl (C=O) groups is 1. The Balaban J connectivity index is 2.33. The van der Waals surface area contributed by atoms with Crippen LogP contribution in [0.3, 0.4) is 0 Å². The largest absolute Gasteiger partial charge is 0.461 e. The number of ether oxygens (including phenoxy) is 2. The van der Waals surface area contributed by atoms with Gasteiger partial charge in [0.25, 0.3) is 0 Å². The van der Waals surface area contributed by atoms with Crippen molar-refractivity contribution in [3.05, 3.63) is 23.8 Å². The molecule has 0 saturated carbocycles. The van der Waals surface area contributed by atoms with Crippen molar-refractivity contribution in [1.29, 1.82) is 0 Å². The predicted octanol–water partition coefficient (Wildman–Crippen LogP) is 1.06. The third-order valence-electron chi connectivity index (χ3n) is 1.61. The van der Waals surface area contributed by atoms with E-state index in [9.17, 15) is 4.79 Å². The fourth-order valence-electron chi connectivity index (χ4n) is 0.915. The summed E-state index contributed by atoms with van der Waals surface area (Å²) in [5, 5.41) is 0. The van der Waals surface area contributed by atoms with E-state index >= 15 is 0 Å². The van der Waals surface area contributed by atoms with Crippen molar-refractivity contribution < 1.29 is 14.3 Å². The molecule has 0 spiro atoms. The summed E-state index contributed by atoms with van der Waals surface area (Å²) in [4.78, 5) is 10.4. The fraction of sp³-hybridized carbons (Fsp3) is 0.444. The Morgan fingerprint density at radius 3 is 3.08 bits per heavy atom. The summed E-state index contributed by atoms with van der Waals surface area (Å²) in [6.45, 7) is 6.65. The standard InChI is InChI=1S/C9H12O3/c1-7(5-12-8(2)10)9-3-4-11-6-9/h3H,1,4-6H2,2H3. The third kappa shape index (κ3) is 2.51. The van der Waals surface area contributed by atoms with E-state index in [2.05, 4.69) is 6.58 Å². The first-order valence-corrected chi connectivity index (χ1v) is 3.78. The molecular formula is C9H12O3. The molecule has 0 saturated heterocycles. The summed E-state index contributed by atoms with van der Waals surface area (Å²) < 4.78 is 9.87. The lowest BCUT2D eigenvalue weighted by molar-refractivity contribution is -0.139. The van der Waals surface area contributed by atoms with Crippen molar-refractivity contribution in [2.45, 2.75) is 6.92 Å².